The number of rotatable bonds is 8. The molecule has 3 unspecified atom stereocenters. The first-order valence-corrected chi connectivity index (χ1v) is 13.2. The summed E-state index contributed by atoms with van der Waals surface area (Å²) in [6.45, 7) is 7.61. The van der Waals surface area contributed by atoms with Crippen molar-refractivity contribution in [3.63, 3.8) is 0 Å². The fraction of sp³-hybridized carbons (Fsp3) is 0.483. The number of piperidine rings is 1. The normalized spacial score (nSPS) is 25.2. The molecule has 1 spiro atoms. The molecule has 9 heteroatoms. The third-order valence-corrected chi connectivity index (χ3v) is 7.27. The highest BCUT2D eigenvalue weighted by molar-refractivity contribution is 5.84. The number of nitrogens with one attached hydrogen (secondary N) is 1. The molecule has 2 aromatic rings. The Hall–Kier alpha value is -2.79. The van der Waals surface area contributed by atoms with E-state index in [9.17, 15) is 9.90 Å². The lowest BCUT2D eigenvalue weighted by molar-refractivity contribution is -0.255. The second kappa shape index (κ2) is 12.4. The average molecular weight is 525 g/mol. The number of benzene rings is 2. The molecule has 9 nitrogen and oxygen atoms in total. The number of likely N-dealkylation sites (tertiary alicyclic amines) is 1. The third kappa shape index (κ3) is 6.61. The lowest BCUT2D eigenvalue weighted by Gasteiger charge is -2.41. The van der Waals surface area contributed by atoms with Crippen molar-refractivity contribution in [3.8, 4) is 0 Å². The number of aliphatic hydroxyl groups excluding tert-OH is 1. The quantitative estimate of drug-likeness (QED) is 0.494. The summed E-state index contributed by atoms with van der Waals surface area (Å²) < 4.78 is 29.7. The number of aliphatic hydroxyl groups is 1. The first kappa shape index (κ1) is 26.8. The van der Waals surface area contributed by atoms with Crippen molar-refractivity contribution < 1.29 is 33.6 Å². The average Bonchev–Trinajstić information content (AvgIpc) is 3.41. The van der Waals surface area contributed by atoms with Gasteiger partial charge in [-0.05, 0) is 23.3 Å². The van der Waals surface area contributed by atoms with Crippen LogP contribution in [0.2, 0.25) is 0 Å². The minimum absolute atomic E-state index is 0.00552. The SMILES string of the molecule is C=CCOC(=O)Nc1ccc(C2OC(CN3CCC4(CC3)OCCO4)CC(c3ccc(CO)cc3)O2)cc1. The van der Waals surface area contributed by atoms with Gasteiger partial charge in [0, 0.05) is 50.1 Å². The van der Waals surface area contributed by atoms with Crippen LogP contribution in [0.1, 0.15) is 48.3 Å². The van der Waals surface area contributed by atoms with E-state index < -0.39 is 18.2 Å². The highest BCUT2D eigenvalue weighted by atomic mass is 16.7. The monoisotopic (exact) mass is 524 g/mol. The summed E-state index contributed by atoms with van der Waals surface area (Å²) in [5.74, 6) is -0.402. The molecule has 3 atom stereocenters. The van der Waals surface area contributed by atoms with Crippen molar-refractivity contribution in [2.45, 2.75) is 50.2 Å². The number of carbonyl (C=O) groups excluding carboxylic acids is 1. The summed E-state index contributed by atoms with van der Waals surface area (Å²) in [7, 11) is 0. The summed E-state index contributed by atoms with van der Waals surface area (Å²) >= 11 is 0. The second-order valence-corrected chi connectivity index (χ2v) is 9.89. The number of hydrogen-bond donors (Lipinski definition) is 2. The molecular formula is C29H36N2O7. The van der Waals surface area contributed by atoms with Crippen molar-refractivity contribution in [2.75, 3.05) is 44.8 Å². The molecule has 204 valence electrons. The smallest absolute Gasteiger partial charge is 0.411 e. The van der Waals surface area contributed by atoms with Crippen molar-refractivity contribution >= 4 is 11.8 Å². The van der Waals surface area contributed by atoms with Crippen LogP contribution in [0.5, 0.6) is 0 Å². The van der Waals surface area contributed by atoms with Crippen LogP contribution in [-0.4, -0.2) is 67.4 Å². The van der Waals surface area contributed by atoms with Gasteiger partial charge in [-0.25, -0.2) is 4.79 Å². The zero-order valence-corrected chi connectivity index (χ0v) is 21.6. The Morgan fingerprint density at radius 2 is 1.74 bits per heavy atom. The van der Waals surface area contributed by atoms with Gasteiger partial charge in [-0.2, -0.15) is 0 Å². The molecule has 1 amide bonds. The molecule has 3 heterocycles. The molecule has 5 rings (SSSR count). The largest absolute Gasteiger partial charge is 0.445 e. The molecule has 2 aromatic carbocycles. The van der Waals surface area contributed by atoms with Gasteiger partial charge < -0.3 is 33.7 Å². The van der Waals surface area contributed by atoms with Crippen molar-refractivity contribution in [3.05, 3.63) is 77.9 Å². The predicted molar refractivity (Wildman–Crippen MR) is 140 cm³/mol. The van der Waals surface area contributed by atoms with Crippen LogP contribution in [0.3, 0.4) is 0 Å². The number of anilines is 1. The summed E-state index contributed by atoms with van der Waals surface area (Å²) in [5, 5.41) is 12.1. The van der Waals surface area contributed by atoms with E-state index in [1.54, 1.807) is 12.1 Å². The third-order valence-electron chi connectivity index (χ3n) is 7.27. The van der Waals surface area contributed by atoms with E-state index in [-0.39, 0.29) is 25.4 Å². The van der Waals surface area contributed by atoms with E-state index in [1.807, 2.05) is 36.4 Å². The zero-order chi connectivity index (χ0) is 26.4. The summed E-state index contributed by atoms with van der Waals surface area (Å²) in [5.41, 5.74) is 3.39. The van der Waals surface area contributed by atoms with Crippen LogP contribution >= 0.6 is 0 Å². The Morgan fingerprint density at radius 1 is 1.05 bits per heavy atom. The first-order valence-electron chi connectivity index (χ1n) is 13.2. The van der Waals surface area contributed by atoms with E-state index in [1.165, 1.54) is 6.08 Å². The second-order valence-electron chi connectivity index (χ2n) is 9.89. The molecule has 0 radical (unpaired) electrons. The summed E-state index contributed by atoms with van der Waals surface area (Å²) in [6, 6.07) is 15.3. The van der Waals surface area contributed by atoms with Crippen molar-refractivity contribution in [1.82, 2.24) is 4.90 Å². The number of nitrogens with zero attached hydrogens (tertiary/aromatic N) is 1. The molecular weight excluding hydrogens is 488 g/mol. The maximum Gasteiger partial charge on any atom is 0.411 e. The number of carbonyl (C=O) groups is 1. The maximum atomic E-state index is 11.9. The topological polar surface area (TPSA) is 98.7 Å². The summed E-state index contributed by atoms with van der Waals surface area (Å²) in [6.07, 6.45) is 2.66. The number of hydrogen-bond acceptors (Lipinski definition) is 8. The molecule has 0 bridgehead atoms. The lowest BCUT2D eigenvalue weighted by Crippen LogP contribution is -2.48. The standard InChI is InChI=1S/C29H36N2O7/c1-2-15-34-28(33)30-24-9-7-23(8-10-24)27-37-25(18-26(38-27)22-5-3-21(20-32)4-6-22)19-31-13-11-29(12-14-31)35-16-17-36-29/h2-10,25-27,32H,1,11-20H2,(H,30,33). The van der Waals surface area contributed by atoms with E-state index in [0.717, 1.165) is 55.6 Å². The maximum absolute atomic E-state index is 11.9. The van der Waals surface area contributed by atoms with E-state index in [2.05, 4.69) is 16.8 Å². The van der Waals surface area contributed by atoms with E-state index in [0.29, 0.717) is 18.9 Å². The van der Waals surface area contributed by atoms with Crippen LogP contribution < -0.4 is 5.32 Å². The Labute approximate surface area is 223 Å². The van der Waals surface area contributed by atoms with Crippen LogP contribution in [0, 0.1) is 0 Å². The molecule has 3 aliphatic rings. The molecule has 3 saturated heterocycles. The van der Waals surface area contributed by atoms with Crippen molar-refractivity contribution in [1.29, 1.82) is 0 Å². The van der Waals surface area contributed by atoms with Gasteiger partial charge >= 0.3 is 6.09 Å². The summed E-state index contributed by atoms with van der Waals surface area (Å²) in [4.78, 5) is 14.3. The fourth-order valence-corrected chi connectivity index (χ4v) is 5.20. The van der Waals surface area contributed by atoms with Crippen LogP contribution in [0.4, 0.5) is 10.5 Å². The Balaban J connectivity index is 1.27. The molecule has 0 aliphatic carbocycles. The zero-order valence-electron chi connectivity index (χ0n) is 21.6. The van der Waals surface area contributed by atoms with Gasteiger partial charge in [-0.3, -0.25) is 5.32 Å². The Morgan fingerprint density at radius 3 is 2.39 bits per heavy atom. The van der Waals surface area contributed by atoms with Gasteiger partial charge in [-0.15, -0.1) is 0 Å². The highest BCUT2D eigenvalue weighted by Crippen LogP contribution is 2.39. The molecule has 3 fully saturated rings. The highest BCUT2D eigenvalue weighted by Gasteiger charge is 2.41. The van der Waals surface area contributed by atoms with E-state index in [4.69, 9.17) is 23.7 Å². The minimum Gasteiger partial charge on any atom is -0.445 e. The molecule has 0 saturated carbocycles. The molecule has 2 N–H and O–H groups in total. The first-order chi connectivity index (χ1) is 18.6. The van der Waals surface area contributed by atoms with Gasteiger partial charge in [0.1, 0.15) is 6.61 Å². The fourth-order valence-electron chi connectivity index (χ4n) is 5.20. The van der Waals surface area contributed by atoms with Gasteiger partial charge in [0.05, 0.1) is 32.0 Å². The van der Waals surface area contributed by atoms with Gasteiger partial charge in [-0.1, -0.05) is 49.1 Å². The number of ether oxygens (including phenoxy) is 5. The molecule has 38 heavy (non-hydrogen) atoms. The van der Waals surface area contributed by atoms with E-state index >= 15 is 0 Å². The van der Waals surface area contributed by atoms with Gasteiger partial charge in [0.2, 0.25) is 0 Å². The Kier molecular flexibility index (Phi) is 8.73. The Bertz CT molecular complexity index is 1060. The van der Waals surface area contributed by atoms with Gasteiger partial charge in [0.25, 0.3) is 0 Å². The molecule has 0 aromatic heterocycles. The number of amides is 1. The lowest BCUT2D eigenvalue weighted by atomic mass is 9.98. The van der Waals surface area contributed by atoms with Crippen LogP contribution in [0.15, 0.2) is 61.2 Å². The molecule has 3 aliphatic heterocycles. The van der Waals surface area contributed by atoms with Crippen LogP contribution in [-0.2, 0) is 30.3 Å². The minimum atomic E-state index is -0.560. The van der Waals surface area contributed by atoms with Crippen molar-refractivity contribution in [2.24, 2.45) is 0 Å². The predicted octanol–water partition coefficient (Wildman–Crippen LogP) is 4.30. The van der Waals surface area contributed by atoms with Gasteiger partial charge in [0.15, 0.2) is 12.1 Å². The van der Waals surface area contributed by atoms with Crippen LogP contribution in [0.25, 0.3) is 0 Å².